The molecule has 26 heavy (non-hydrogen) atoms. The smallest absolute Gasteiger partial charge is 0.203 e. The van der Waals surface area contributed by atoms with Gasteiger partial charge in [-0.1, -0.05) is 41.9 Å². The Morgan fingerprint density at radius 3 is 2.31 bits per heavy atom. The summed E-state index contributed by atoms with van der Waals surface area (Å²) in [4.78, 5) is 16.2. The average molecular weight is 382 g/mol. The molecule has 1 aromatic heterocycles. The van der Waals surface area contributed by atoms with Gasteiger partial charge in [0.2, 0.25) is 5.78 Å². The van der Waals surface area contributed by atoms with Gasteiger partial charge in [-0.2, -0.15) is 0 Å². The van der Waals surface area contributed by atoms with Gasteiger partial charge < -0.3 is 4.90 Å². The maximum Gasteiger partial charge on any atom is 0.203 e. The minimum atomic E-state index is 0.0621. The largest absolute Gasteiger partial charge is 0.363 e. The lowest BCUT2D eigenvalue weighted by Crippen LogP contribution is -2.28. The molecule has 0 saturated carbocycles. The molecule has 4 rings (SSSR count). The molecule has 4 heteroatoms. The molecular weight excluding hydrogens is 362 g/mol. The number of thiophene rings is 1. The average Bonchev–Trinajstić information content (AvgIpc) is 3.15. The van der Waals surface area contributed by atoms with E-state index in [0.29, 0.717) is 10.6 Å². The first-order chi connectivity index (χ1) is 12.7. The normalized spacial score (nSPS) is 14.4. The molecule has 2 aromatic carbocycles. The molecule has 0 atom stereocenters. The van der Waals surface area contributed by atoms with Crippen LogP contribution in [0.25, 0.3) is 11.1 Å². The summed E-state index contributed by atoms with van der Waals surface area (Å²) in [6, 6.07) is 19.6. The van der Waals surface area contributed by atoms with Crippen LogP contribution in [0.4, 0.5) is 5.00 Å². The molecule has 0 amide bonds. The van der Waals surface area contributed by atoms with Crippen LogP contribution in [-0.2, 0) is 0 Å². The van der Waals surface area contributed by atoms with Crippen LogP contribution in [0, 0.1) is 0 Å². The van der Waals surface area contributed by atoms with Gasteiger partial charge in [-0.25, -0.2) is 0 Å². The van der Waals surface area contributed by atoms with E-state index < -0.39 is 0 Å². The maximum atomic E-state index is 13.0. The molecule has 2 nitrogen and oxygen atoms in total. The lowest BCUT2D eigenvalue weighted by molar-refractivity contribution is 0.104. The first-order valence-electron chi connectivity index (χ1n) is 8.97. The van der Waals surface area contributed by atoms with Gasteiger partial charge in [-0.3, -0.25) is 4.79 Å². The Morgan fingerprint density at radius 2 is 1.62 bits per heavy atom. The highest BCUT2D eigenvalue weighted by Crippen LogP contribution is 2.40. The number of rotatable bonds is 4. The van der Waals surface area contributed by atoms with E-state index >= 15 is 0 Å². The molecule has 1 aliphatic rings. The summed E-state index contributed by atoms with van der Waals surface area (Å²) in [6.45, 7) is 2.13. The van der Waals surface area contributed by atoms with Crippen LogP contribution in [0.3, 0.4) is 0 Å². The fraction of sp³-hybridized carbons (Fsp3) is 0.227. The van der Waals surface area contributed by atoms with Crippen molar-refractivity contribution in [1.82, 2.24) is 0 Å². The number of hydrogen-bond acceptors (Lipinski definition) is 3. The lowest BCUT2D eigenvalue weighted by atomic mass is 10.0. The Labute approximate surface area is 163 Å². The fourth-order valence-electron chi connectivity index (χ4n) is 3.39. The van der Waals surface area contributed by atoms with Crippen LogP contribution >= 0.6 is 22.9 Å². The molecule has 0 radical (unpaired) electrons. The van der Waals surface area contributed by atoms with Crippen LogP contribution < -0.4 is 4.90 Å². The first-order valence-corrected chi connectivity index (χ1v) is 10.2. The van der Waals surface area contributed by atoms with Crippen LogP contribution in [-0.4, -0.2) is 18.9 Å². The van der Waals surface area contributed by atoms with Crippen molar-refractivity contribution in [2.75, 3.05) is 18.0 Å². The molecule has 1 fully saturated rings. The van der Waals surface area contributed by atoms with E-state index in [9.17, 15) is 4.79 Å². The molecule has 1 aliphatic heterocycles. The zero-order valence-corrected chi connectivity index (χ0v) is 16.0. The first kappa shape index (κ1) is 17.3. The van der Waals surface area contributed by atoms with Gasteiger partial charge >= 0.3 is 0 Å². The number of ketones is 1. The van der Waals surface area contributed by atoms with Crippen molar-refractivity contribution in [1.29, 1.82) is 0 Å². The van der Waals surface area contributed by atoms with Crippen molar-refractivity contribution in [3.8, 4) is 11.1 Å². The quantitative estimate of drug-likeness (QED) is 0.495. The fourth-order valence-corrected chi connectivity index (χ4v) is 4.71. The van der Waals surface area contributed by atoms with Crippen LogP contribution in [0.5, 0.6) is 0 Å². The van der Waals surface area contributed by atoms with Crippen molar-refractivity contribution in [2.45, 2.75) is 19.3 Å². The summed E-state index contributed by atoms with van der Waals surface area (Å²) in [5, 5.41) is 1.86. The van der Waals surface area contributed by atoms with E-state index in [0.717, 1.165) is 23.5 Å². The van der Waals surface area contributed by atoms with Crippen molar-refractivity contribution in [3.05, 3.63) is 76.1 Å². The molecule has 132 valence electrons. The van der Waals surface area contributed by atoms with Crippen molar-refractivity contribution in [2.24, 2.45) is 0 Å². The molecular formula is C22H20ClNOS. The highest BCUT2D eigenvalue weighted by Gasteiger charge is 2.22. The van der Waals surface area contributed by atoms with E-state index in [4.69, 9.17) is 11.6 Å². The summed E-state index contributed by atoms with van der Waals surface area (Å²) in [7, 11) is 0. The second kappa shape index (κ2) is 7.65. The monoisotopic (exact) mass is 381 g/mol. The molecule has 1 saturated heterocycles. The van der Waals surface area contributed by atoms with Crippen LogP contribution in [0.1, 0.15) is 34.5 Å². The predicted molar refractivity (Wildman–Crippen MR) is 111 cm³/mol. The van der Waals surface area contributed by atoms with Crippen molar-refractivity contribution >= 4 is 33.7 Å². The van der Waals surface area contributed by atoms with Gasteiger partial charge in [0.1, 0.15) is 0 Å². The highest BCUT2D eigenvalue weighted by atomic mass is 35.5. The Hall–Kier alpha value is -2.10. The summed E-state index contributed by atoms with van der Waals surface area (Å²) in [5.41, 5.74) is 3.01. The van der Waals surface area contributed by atoms with Crippen molar-refractivity contribution in [3.63, 3.8) is 0 Å². The lowest BCUT2D eigenvalue weighted by Gasteiger charge is -2.28. The summed E-state index contributed by atoms with van der Waals surface area (Å²) < 4.78 is 0. The number of benzene rings is 2. The summed E-state index contributed by atoms with van der Waals surface area (Å²) in [5.74, 6) is 0.0621. The number of carbonyl (C=O) groups excluding carboxylic acids is 1. The molecule has 0 unspecified atom stereocenters. The van der Waals surface area contributed by atoms with Gasteiger partial charge in [0, 0.05) is 29.2 Å². The Kier molecular flexibility index (Phi) is 5.09. The van der Waals surface area contributed by atoms with Gasteiger partial charge in [-0.05, 0) is 55.2 Å². The maximum absolute atomic E-state index is 13.0. The third-order valence-corrected chi connectivity index (χ3v) is 6.22. The second-order valence-corrected chi connectivity index (χ2v) is 8.05. The van der Waals surface area contributed by atoms with Crippen LogP contribution in [0.2, 0.25) is 5.02 Å². The molecule has 0 aliphatic carbocycles. The zero-order chi connectivity index (χ0) is 17.9. The summed E-state index contributed by atoms with van der Waals surface area (Å²) in [6.07, 6.45) is 3.72. The van der Waals surface area contributed by atoms with Gasteiger partial charge in [0.15, 0.2) is 0 Å². The molecule has 2 heterocycles. The Bertz CT molecular complexity index is 896. The minimum absolute atomic E-state index is 0.0621. The number of halogens is 1. The molecule has 0 N–H and O–H groups in total. The number of hydrogen-bond donors (Lipinski definition) is 0. The van der Waals surface area contributed by atoms with Crippen molar-refractivity contribution < 1.29 is 4.79 Å². The third-order valence-electron chi connectivity index (χ3n) is 4.77. The number of carbonyl (C=O) groups is 1. The third kappa shape index (κ3) is 3.55. The topological polar surface area (TPSA) is 20.3 Å². The second-order valence-electron chi connectivity index (χ2n) is 6.58. The van der Waals surface area contributed by atoms with E-state index in [1.165, 1.54) is 29.8 Å². The minimum Gasteiger partial charge on any atom is -0.363 e. The molecule has 0 bridgehead atoms. The highest BCUT2D eigenvalue weighted by molar-refractivity contribution is 7.18. The van der Waals surface area contributed by atoms with Gasteiger partial charge in [0.05, 0.1) is 9.88 Å². The number of nitrogens with zero attached hydrogens (tertiary/aromatic N) is 1. The number of piperidine rings is 1. The van der Waals surface area contributed by atoms with Gasteiger partial charge in [0.25, 0.3) is 0 Å². The Balaban J connectivity index is 1.75. The zero-order valence-electron chi connectivity index (χ0n) is 14.5. The summed E-state index contributed by atoms with van der Waals surface area (Å²) >= 11 is 7.57. The molecule has 0 spiro atoms. The van der Waals surface area contributed by atoms with E-state index in [1.54, 1.807) is 35.6 Å². The molecule has 3 aromatic rings. The van der Waals surface area contributed by atoms with E-state index in [2.05, 4.69) is 23.1 Å². The Morgan fingerprint density at radius 1 is 0.923 bits per heavy atom. The standard InChI is InChI=1S/C22H20ClNOS/c23-18-11-9-17(10-12-18)21(25)20-15-19(16-7-3-1-4-8-16)22(26-20)24-13-5-2-6-14-24/h1,3-4,7-12,15H,2,5-6,13-14H2. The van der Waals surface area contributed by atoms with E-state index in [1.807, 2.05) is 18.2 Å². The van der Waals surface area contributed by atoms with Gasteiger partial charge in [-0.15, -0.1) is 11.3 Å². The SMILES string of the molecule is O=C(c1ccc(Cl)cc1)c1cc(-c2ccccc2)c(N2CCCCC2)s1. The van der Waals surface area contributed by atoms with E-state index in [-0.39, 0.29) is 5.78 Å². The predicted octanol–water partition coefficient (Wildman–Crippen LogP) is 6.29. The van der Waals surface area contributed by atoms with Crippen LogP contribution in [0.15, 0.2) is 60.7 Å². The number of anilines is 1.